The van der Waals surface area contributed by atoms with Crippen molar-refractivity contribution in [3.05, 3.63) is 0 Å². The van der Waals surface area contributed by atoms with Gasteiger partial charge in [0.2, 0.25) is 5.91 Å². The summed E-state index contributed by atoms with van der Waals surface area (Å²) < 4.78 is 5.64. The highest BCUT2D eigenvalue weighted by molar-refractivity contribution is 5.77. The van der Waals surface area contributed by atoms with E-state index in [-0.39, 0.29) is 23.8 Å². The molecule has 5 nitrogen and oxygen atoms in total. The molecule has 2 heterocycles. The van der Waals surface area contributed by atoms with E-state index in [1.807, 2.05) is 11.8 Å². The van der Waals surface area contributed by atoms with Crippen LogP contribution in [0.4, 0.5) is 0 Å². The van der Waals surface area contributed by atoms with Crippen LogP contribution in [-0.2, 0) is 14.3 Å². The van der Waals surface area contributed by atoms with E-state index in [1.165, 1.54) is 6.42 Å². The quantitative estimate of drug-likeness (QED) is 0.855. The van der Waals surface area contributed by atoms with Gasteiger partial charge >= 0.3 is 5.97 Å². The first-order chi connectivity index (χ1) is 9.58. The van der Waals surface area contributed by atoms with E-state index in [0.717, 1.165) is 25.9 Å². The summed E-state index contributed by atoms with van der Waals surface area (Å²) >= 11 is 0. The first-order valence-electron chi connectivity index (χ1n) is 7.70. The number of aliphatic carboxylic acids is 1. The van der Waals surface area contributed by atoms with Crippen molar-refractivity contribution in [2.75, 3.05) is 19.7 Å². The molecule has 0 radical (unpaired) electrons. The van der Waals surface area contributed by atoms with Crippen molar-refractivity contribution in [1.29, 1.82) is 0 Å². The Morgan fingerprint density at radius 3 is 2.70 bits per heavy atom. The number of carboxylic acid groups (broad SMARTS) is 1. The largest absolute Gasteiger partial charge is 0.481 e. The molecule has 3 unspecified atom stereocenters. The van der Waals surface area contributed by atoms with Crippen molar-refractivity contribution in [2.24, 2.45) is 11.8 Å². The molecule has 0 saturated carbocycles. The normalized spacial score (nSPS) is 31.1. The molecule has 2 saturated heterocycles. The lowest BCUT2D eigenvalue weighted by molar-refractivity contribution is -0.148. The van der Waals surface area contributed by atoms with Crippen LogP contribution in [0.15, 0.2) is 0 Å². The molecule has 2 fully saturated rings. The maximum absolute atomic E-state index is 12.2. The number of carbonyl (C=O) groups is 2. The molecule has 0 aliphatic carbocycles. The van der Waals surface area contributed by atoms with Crippen LogP contribution in [0.1, 0.15) is 45.4 Å². The van der Waals surface area contributed by atoms with E-state index in [1.54, 1.807) is 0 Å². The molecule has 2 rings (SSSR count). The Kier molecular flexibility index (Phi) is 5.40. The zero-order valence-electron chi connectivity index (χ0n) is 12.2. The zero-order valence-corrected chi connectivity index (χ0v) is 12.2. The number of nitrogens with zero attached hydrogens (tertiary/aromatic N) is 1. The number of carboxylic acids is 1. The fraction of sp³-hybridized carbons (Fsp3) is 0.867. The van der Waals surface area contributed by atoms with Crippen LogP contribution >= 0.6 is 0 Å². The van der Waals surface area contributed by atoms with Crippen molar-refractivity contribution in [1.82, 2.24) is 4.90 Å². The lowest BCUT2D eigenvalue weighted by Gasteiger charge is -2.35. The van der Waals surface area contributed by atoms with Crippen LogP contribution in [0.5, 0.6) is 0 Å². The molecular formula is C15H25NO4. The summed E-state index contributed by atoms with van der Waals surface area (Å²) in [5, 5.41) is 9.09. The maximum atomic E-state index is 12.2. The minimum absolute atomic E-state index is 0.0381. The van der Waals surface area contributed by atoms with Crippen LogP contribution in [0.25, 0.3) is 0 Å². The fourth-order valence-electron chi connectivity index (χ4n) is 3.22. The number of ether oxygens (including phenoxy) is 1. The molecule has 1 N–H and O–H groups in total. The Morgan fingerprint density at radius 1 is 1.30 bits per heavy atom. The predicted molar refractivity (Wildman–Crippen MR) is 74.3 cm³/mol. The van der Waals surface area contributed by atoms with Crippen molar-refractivity contribution >= 4 is 11.9 Å². The van der Waals surface area contributed by atoms with Gasteiger partial charge in [-0.25, -0.2) is 0 Å². The molecule has 2 aliphatic rings. The second kappa shape index (κ2) is 7.07. The van der Waals surface area contributed by atoms with Gasteiger partial charge in [0.05, 0.1) is 12.0 Å². The molecule has 0 bridgehead atoms. The molecule has 0 aromatic carbocycles. The number of amides is 1. The first-order valence-corrected chi connectivity index (χ1v) is 7.70. The molecular weight excluding hydrogens is 258 g/mol. The van der Waals surface area contributed by atoms with Gasteiger partial charge in [-0.3, -0.25) is 9.59 Å². The third kappa shape index (κ3) is 3.95. The standard InChI is InChI=1S/C15H25NO4/c1-11-10-16(8-7-13(11)15(18)19)14(17)6-5-12-4-2-3-9-20-12/h11-13H,2-10H2,1H3,(H,18,19). The predicted octanol–water partition coefficient (Wildman–Crippen LogP) is 1.90. The average Bonchev–Trinajstić information content (AvgIpc) is 2.45. The Labute approximate surface area is 120 Å². The lowest BCUT2D eigenvalue weighted by atomic mass is 9.87. The number of hydrogen-bond donors (Lipinski definition) is 1. The van der Waals surface area contributed by atoms with Gasteiger partial charge in [0.25, 0.3) is 0 Å². The molecule has 1 amide bonds. The number of likely N-dealkylation sites (tertiary alicyclic amines) is 1. The monoisotopic (exact) mass is 283 g/mol. The molecule has 3 atom stereocenters. The van der Waals surface area contributed by atoms with Crippen molar-refractivity contribution in [3.63, 3.8) is 0 Å². The SMILES string of the molecule is CC1CN(C(=O)CCC2CCCCO2)CCC1C(=O)O. The van der Waals surface area contributed by atoms with E-state index >= 15 is 0 Å². The van der Waals surface area contributed by atoms with E-state index in [4.69, 9.17) is 9.84 Å². The highest BCUT2D eigenvalue weighted by Crippen LogP contribution is 2.25. The zero-order chi connectivity index (χ0) is 14.5. The van der Waals surface area contributed by atoms with E-state index in [2.05, 4.69) is 0 Å². The summed E-state index contributed by atoms with van der Waals surface area (Å²) in [6, 6.07) is 0. The summed E-state index contributed by atoms with van der Waals surface area (Å²) in [7, 11) is 0. The van der Waals surface area contributed by atoms with Crippen LogP contribution in [-0.4, -0.2) is 47.7 Å². The highest BCUT2D eigenvalue weighted by Gasteiger charge is 2.32. The van der Waals surface area contributed by atoms with Gasteiger partial charge in [-0.2, -0.15) is 0 Å². The van der Waals surface area contributed by atoms with Gasteiger partial charge in [0.15, 0.2) is 0 Å². The third-order valence-electron chi connectivity index (χ3n) is 4.53. The van der Waals surface area contributed by atoms with E-state index in [0.29, 0.717) is 25.9 Å². The van der Waals surface area contributed by atoms with E-state index < -0.39 is 5.97 Å². The smallest absolute Gasteiger partial charge is 0.306 e. The lowest BCUT2D eigenvalue weighted by Crippen LogP contribution is -2.45. The number of piperidine rings is 1. The van der Waals surface area contributed by atoms with Crippen LogP contribution in [0.3, 0.4) is 0 Å². The van der Waals surface area contributed by atoms with Gasteiger partial charge in [-0.15, -0.1) is 0 Å². The Balaban J connectivity index is 1.74. The molecule has 114 valence electrons. The molecule has 2 aliphatic heterocycles. The number of rotatable bonds is 4. The molecule has 0 aromatic rings. The van der Waals surface area contributed by atoms with Gasteiger partial charge in [-0.1, -0.05) is 6.92 Å². The summed E-state index contributed by atoms with van der Waals surface area (Å²) in [4.78, 5) is 25.1. The van der Waals surface area contributed by atoms with Gasteiger partial charge in [0, 0.05) is 26.1 Å². The summed E-state index contributed by atoms with van der Waals surface area (Å²) in [6.07, 6.45) is 5.51. The summed E-state index contributed by atoms with van der Waals surface area (Å²) in [5.74, 6) is -0.855. The van der Waals surface area contributed by atoms with Crippen LogP contribution in [0, 0.1) is 11.8 Å². The molecule has 20 heavy (non-hydrogen) atoms. The fourth-order valence-corrected chi connectivity index (χ4v) is 3.22. The third-order valence-corrected chi connectivity index (χ3v) is 4.53. The first kappa shape index (κ1) is 15.3. The Hall–Kier alpha value is -1.10. The number of hydrogen-bond acceptors (Lipinski definition) is 3. The molecule has 0 aromatic heterocycles. The summed E-state index contributed by atoms with van der Waals surface area (Å²) in [5.41, 5.74) is 0. The Bertz CT molecular complexity index is 352. The molecule has 0 spiro atoms. The Morgan fingerprint density at radius 2 is 2.10 bits per heavy atom. The number of carbonyl (C=O) groups excluding carboxylic acids is 1. The average molecular weight is 283 g/mol. The highest BCUT2D eigenvalue weighted by atomic mass is 16.5. The van der Waals surface area contributed by atoms with Gasteiger partial charge < -0.3 is 14.7 Å². The van der Waals surface area contributed by atoms with Crippen LogP contribution in [0.2, 0.25) is 0 Å². The van der Waals surface area contributed by atoms with Gasteiger partial charge in [0.1, 0.15) is 0 Å². The van der Waals surface area contributed by atoms with E-state index in [9.17, 15) is 9.59 Å². The van der Waals surface area contributed by atoms with Crippen molar-refractivity contribution in [3.8, 4) is 0 Å². The van der Waals surface area contributed by atoms with Crippen molar-refractivity contribution in [2.45, 2.75) is 51.6 Å². The second-order valence-corrected chi connectivity index (χ2v) is 6.08. The topological polar surface area (TPSA) is 66.8 Å². The summed E-state index contributed by atoms with van der Waals surface area (Å²) in [6.45, 7) is 3.88. The van der Waals surface area contributed by atoms with Crippen LogP contribution < -0.4 is 0 Å². The minimum Gasteiger partial charge on any atom is -0.481 e. The van der Waals surface area contributed by atoms with Gasteiger partial charge in [-0.05, 0) is 38.0 Å². The minimum atomic E-state index is -0.736. The molecule has 5 heteroatoms. The van der Waals surface area contributed by atoms with Crippen molar-refractivity contribution < 1.29 is 19.4 Å². The maximum Gasteiger partial charge on any atom is 0.306 e. The second-order valence-electron chi connectivity index (χ2n) is 6.08.